The van der Waals surface area contributed by atoms with E-state index in [4.69, 9.17) is 14.2 Å². The van der Waals surface area contributed by atoms with Crippen molar-refractivity contribution in [2.75, 3.05) is 33.4 Å². The third kappa shape index (κ3) is 8.20. The number of carbonyl (C=O) groups is 2. The Morgan fingerprint density at radius 2 is 1.97 bits per heavy atom. The van der Waals surface area contributed by atoms with E-state index >= 15 is 0 Å². The standard InChI is InChI=1S/C20H34N2O5.C2H2/c1-8-20(5,6)27-19(24)21(9-2)15(3)13-17-16(4)26-14-18(23)22(17)11-10-12-25-7;1-2/h13H,8-12,14H2,1-7H3;1-2H/b15-13+;. The topological polar surface area (TPSA) is 68.3 Å². The van der Waals surface area contributed by atoms with Gasteiger partial charge in [-0.3, -0.25) is 9.69 Å². The maximum Gasteiger partial charge on any atom is 0.414 e. The van der Waals surface area contributed by atoms with E-state index in [2.05, 4.69) is 12.8 Å². The molecule has 164 valence electrons. The molecule has 0 radical (unpaired) electrons. The van der Waals surface area contributed by atoms with Crippen LogP contribution in [0.4, 0.5) is 4.79 Å². The molecule has 0 atom stereocenters. The number of carbonyl (C=O) groups excluding carboxylic acids is 2. The van der Waals surface area contributed by atoms with Gasteiger partial charge in [0.1, 0.15) is 11.4 Å². The molecule has 0 bridgehead atoms. The Labute approximate surface area is 175 Å². The smallest absolute Gasteiger partial charge is 0.414 e. The molecule has 0 N–H and O–H groups in total. The number of terminal acetylenes is 1. The molecule has 0 aromatic carbocycles. The SMILES string of the molecule is C#C.CCN(C(=O)OC(C)(C)CC)/C(C)=C/C1=C(C)OCC(=O)N1CCCOC. The minimum Gasteiger partial charge on any atom is -0.486 e. The highest BCUT2D eigenvalue weighted by atomic mass is 16.6. The number of amides is 2. The lowest BCUT2D eigenvalue weighted by molar-refractivity contribution is -0.135. The molecule has 0 aliphatic carbocycles. The normalized spacial score (nSPS) is 14.7. The number of rotatable bonds is 9. The van der Waals surface area contributed by atoms with Crippen LogP contribution >= 0.6 is 0 Å². The summed E-state index contributed by atoms with van der Waals surface area (Å²) < 4.78 is 16.2. The maximum atomic E-state index is 12.6. The van der Waals surface area contributed by atoms with Crippen LogP contribution in [0.15, 0.2) is 23.2 Å². The quantitative estimate of drug-likeness (QED) is 0.427. The molecule has 0 aromatic heterocycles. The number of methoxy groups -OCH3 is 1. The van der Waals surface area contributed by atoms with Crippen LogP contribution in [0.25, 0.3) is 0 Å². The molecular formula is C22H36N2O5. The van der Waals surface area contributed by atoms with E-state index in [1.165, 1.54) is 0 Å². The summed E-state index contributed by atoms with van der Waals surface area (Å²) >= 11 is 0. The Balaban J connectivity index is 0.00000379. The van der Waals surface area contributed by atoms with Crippen molar-refractivity contribution in [2.45, 2.75) is 60.0 Å². The summed E-state index contributed by atoms with van der Waals surface area (Å²) in [5.74, 6) is 0.554. The van der Waals surface area contributed by atoms with Crippen LogP contribution in [0.1, 0.15) is 54.4 Å². The average Bonchev–Trinajstić information content (AvgIpc) is 2.68. The van der Waals surface area contributed by atoms with Crippen LogP contribution in [0.5, 0.6) is 0 Å². The van der Waals surface area contributed by atoms with Gasteiger partial charge in [-0.05, 0) is 53.5 Å². The van der Waals surface area contributed by atoms with Gasteiger partial charge in [0.25, 0.3) is 5.91 Å². The van der Waals surface area contributed by atoms with Crippen molar-refractivity contribution in [1.82, 2.24) is 9.80 Å². The second-order valence-corrected chi connectivity index (χ2v) is 7.13. The lowest BCUT2D eigenvalue weighted by Gasteiger charge is -2.32. The highest BCUT2D eigenvalue weighted by molar-refractivity contribution is 5.81. The van der Waals surface area contributed by atoms with Crippen molar-refractivity contribution in [1.29, 1.82) is 0 Å². The molecule has 0 aromatic rings. The van der Waals surface area contributed by atoms with E-state index in [-0.39, 0.29) is 12.5 Å². The van der Waals surface area contributed by atoms with E-state index in [0.717, 1.165) is 12.8 Å². The number of allylic oxidation sites excluding steroid dienone is 3. The molecule has 29 heavy (non-hydrogen) atoms. The Hall–Kier alpha value is -2.46. The van der Waals surface area contributed by atoms with Gasteiger partial charge in [0.2, 0.25) is 0 Å². The number of nitrogens with zero attached hydrogens (tertiary/aromatic N) is 2. The van der Waals surface area contributed by atoms with Gasteiger partial charge in [-0.25, -0.2) is 4.79 Å². The highest BCUT2D eigenvalue weighted by Crippen LogP contribution is 2.23. The summed E-state index contributed by atoms with van der Waals surface area (Å²) in [6, 6.07) is 0. The molecule has 1 heterocycles. The van der Waals surface area contributed by atoms with E-state index in [1.54, 1.807) is 16.9 Å². The zero-order chi connectivity index (χ0) is 22.6. The highest BCUT2D eigenvalue weighted by Gasteiger charge is 2.28. The Morgan fingerprint density at radius 3 is 2.48 bits per heavy atom. The summed E-state index contributed by atoms with van der Waals surface area (Å²) in [6.07, 6.45) is 10.9. The largest absolute Gasteiger partial charge is 0.486 e. The summed E-state index contributed by atoms with van der Waals surface area (Å²) in [4.78, 5) is 28.2. The average molecular weight is 409 g/mol. The molecule has 7 heteroatoms. The molecule has 1 rings (SSSR count). The van der Waals surface area contributed by atoms with Crippen molar-refractivity contribution in [3.8, 4) is 12.8 Å². The first-order valence-corrected chi connectivity index (χ1v) is 9.82. The van der Waals surface area contributed by atoms with Gasteiger partial charge >= 0.3 is 6.09 Å². The van der Waals surface area contributed by atoms with E-state index in [9.17, 15) is 9.59 Å². The van der Waals surface area contributed by atoms with Crippen molar-refractivity contribution >= 4 is 12.0 Å². The van der Waals surface area contributed by atoms with E-state index in [0.29, 0.717) is 36.8 Å². The van der Waals surface area contributed by atoms with Crippen LogP contribution in [-0.4, -0.2) is 60.8 Å². The first-order chi connectivity index (χ1) is 13.7. The van der Waals surface area contributed by atoms with Gasteiger partial charge in [0.15, 0.2) is 6.61 Å². The lowest BCUT2D eigenvalue weighted by atomic mass is 10.1. The minimum absolute atomic E-state index is 0.0272. The summed E-state index contributed by atoms with van der Waals surface area (Å²) in [7, 11) is 1.63. The Kier molecular flexibility index (Phi) is 11.8. The number of hydrogen-bond acceptors (Lipinski definition) is 5. The molecule has 0 fully saturated rings. The van der Waals surface area contributed by atoms with Crippen LogP contribution in [0, 0.1) is 12.8 Å². The first kappa shape index (κ1) is 26.5. The first-order valence-electron chi connectivity index (χ1n) is 9.82. The fraction of sp³-hybridized carbons (Fsp3) is 0.636. The van der Waals surface area contributed by atoms with Crippen LogP contribution in [0.3, 0.4) is 0 Å². The molecule has 7 nitrogen and oxygen atoms in total. The van der Waals surface area contributed by atoms with Gasteiger partial charge in [-0.2, -0.15) is 0 Å². The summed E-state index contributed by atoms with van der Waals surface area (Å²) in [6.45, 7) is 12.9. The predicted molar refractivity (Wildman–Crippen MR) is 114 cm³/mol. The van der Waals surface area contributed by atoms with Crippen molar-refractivity contribution in [3.63, 3.8) is 0 Å². The fourth-order valence-corrected chi connectivity index (χ4v) is 2.60. The molecule has 0 saturated heterocycles. The molecule has 1 aliphatic heterocycles. The van der Waals surface area contributed by atoms with Crippen LogP contribution < -0.4 is 0 Å². The lowest BCUT2D eigenvalue weighted by Crippen LogP contribution is -2.39. The van der Waals surface area contributed by atoms with Crippen molar-refractivity contribution < 1.29 is 23.8 Å². The van der Waals surface area contributed by atoms with Gasteiger partial charge in [-0.1, -0.05) is 6.92 Å². The van der Waals surface area contributed by atoms with Gasteiger partial charge in [0.05, 0.1) is 5.70 Å². The second kappa shape index (κ2) is 12.9. The van der Waals surface area contributed by atoms with E-state index in [1.807, 2.05) is 47.6 Å². The monoisotopic (exact) mass is 408 g/mol. The van der Waals surface area contributed by atoms with Crippen molar-refractivity contribution in [2.24, 2.45) is 0 Å². The third-order valence-corrected chi connectivity index (χ3v) is 4.62. The zero-order valence-electron chi connectivity index (χ0n) is 18.9. The molecule has 0 unspecified atom stereocenters. The second-order valence-electron chi connectivity index (χ2n) is 7.13. The third-order valence-electron chi connectivity index (χ3n) is 4.62. The van der Waals surface area contributed by atoms with Gasteiger partial charge in [0, 0.05) is 32.5 Å². The molecule has 2 amide bonds. The van der Waals surface area contributed by atoms with Crippen LogP contribution in [0.2, 0.25) is 0 Å². The molecular weight excluding hydrogens is 372 g/mol. The van der Waals surface area contributed by atoms with E-state index < -0.39 is 11.7 Å². The fourth-order valence-electron chi connectivity index (χ4n) is 2.60. The Morgan fingerprint density at radius 1 is 1.34 bits per heavy atom. The van der Waals surface area contributed by atoms with Crippen molar-refractivity contribution in [3.05, 3.63) is 23.2 Å². The summed E-state index contributed by atoms with van der Waals surface area (Å²) in [5, 5.41) is 0. The van der Waals surface area contributed by atoms with Gasteiger partial charge < -0.3 is 19.1 Å². The molecule has 1 aliphatic rings. The van der Waals surface area contributed by atoms with Gasteiger partial charge in [-0.15, -0.1) is 12.8 Å². The van der Waals surface area contributed by atoms with Crippen LogP contribution in [-0.2, 0) is 19.0 Å². The molecule has 0 spiro atoms. The zero-order valence-corrected chi connectivity index (χ0v) is 18.9. The minimum atomic E-state index is -0.532. The number of ether oxygens (including phenoxy) is 3. The Bertz CT molecular complexity index is 634. The summed E-state index contributed by atoms with van der Waals surface area (Å²) in [5.41, 5.74) is 0.829. The molecule has 0 saturated carbocycles. The number of hydrogen-bond donors (Lipinski definition) is 0. The maximum absolute atomic E-state index is 12.6. The predicted octanol–water partition coefficient (Wildman–Crippen LogP) is 3.91.